The molecule has 0 fully saturated rings. The molecule has 96 valence electrons. The van der Waals surface area contributed by atoms with Crippen LogP contribution in [-0.2, 0) is 14.8 Å². The fourth-order valence-corrected chi connectivity index (χ4v) is 2.70. The van der Waals surface area contributed by atoms with E-state index >= 15 is 0 Å². The summed E-state index contributed by atoms with van der Waals surface area (Å²) in [5.74, 6) is -0.0436. The van der Waals surface area contributed by atoms with E-state index in [9.17, 15) is 13.2 Å². The maximum Gasteiger partial charge on any atom is 0.303 e. The maximum absolute atomic E-state index is 11.3. The molecule has 0 saturated carbocycles. The van der Waals surface area contributed by atoms with E-state index < -0.39 is 16.0 Å². The molecule has 0 atom stereocenters. The van der Waals surface area contributed by atoms with Crippen molar-refractivity contribution in [1.29, 1.82) is 0 Å². The first-order chi connectivity index (χ1) is 7.48. The summed E-state index contributed by atoms with van der Waals surface area (Å²) in [6, 6.07) is 0. The molecule has 0 aromatic carbocycles. The van der Waals surface area contributed by atoms with Gasteiger partial charge in [-0.05, 0) is 31.3 Å². The molecule has 0 aliphatic carbocycles. The average molecular weight is 269 g/mol. The summed E-state index contributed by atoms with van der Waals surface area (Å²) in [4.78, 5) is 10.2. The number of hydrogen-bond acceptors (Lipinski definition) is 4. The Balaban J connectivity index is 3.58. The quantitative estimate of drug-likeness (QED) is 0.576. The summed E-state index contributed by atoms with van der Waals surface area (Å²) in [6.07, 6.45) is 3.87. The van der Waals surface area contributed by atoms with Crippen molar-refractivity contribution < 1.29 is 18.3 Å². The van der Waals surface area contributed by atoms with Crippen LogP contribution in [-0.4, -0.2) is 43.8 Å². The molecule has 5 nitrogen and oxygen atoms in total. The fraction of sp³-hybridized carbons (Fsp3) is 0.889. The average Bonchev–Trinajstić information content (AvgIpc) is 2.16. The molecular weight excluding hydrogens is 250 g/mol. The molecule has 16 heavy (non-hydrogen) atoms. The number of carboxylic acid groups (broad SMARTS) is 1. The first-order valence-electron chi connectivity index (χ1n) is 5.16. The number of hydrogen-bond donors (Lipinski definition) is 2. The topological polar surface area (TPSA) is 83.5 Å². The Hall–Kier alpha value is -0.270. The molecular formula is C9H19NO4S2. The van der Waals surface area contributed by atoms with Crippen molar-refractivity contribution in [3.63, 3.8) is 0 Å². The lowest BCUT2D eigenvalue weighted by atomic mass is 10.3. The highest BCUT2D eigenvalue weighted by atomic mass is 32.2. The van der Waals surface area contributed by atoms with Gasteiger partial charge in [-0.2, -0.15) is 11.8 Å². The second-order valence-electron chi connectivity index (χ2n) is 3.41. The van der Waals surface area contributed by atoms with Crippen LogP contribution in [0.25, 0.3) is 0 Å². The molecule has 2 N–H and O–H groups in total. The molecule has 0 saturated heterocycles. The van der Waals surface area contributed by atoms with Crippen LogP contribution >= 0.6 is 11.8 Å². The van der Waals surface area contributed by atoms with Gasteiger partial charge in [-0.1, -0.05) is 0 Å². The second kappa shape index (κ2) is 8.83. The summed E-state index contributed by atoms with van der Waals surface area (Å²) >= 11 is 1.73. The van der Waals surface area contributed by atoms with Crippen molar-refractivity contribution in [2.45, 2.75) is 25.7 Å². The molecule has 7 heteroatoms. The van der Waals surface area contributed by atoms with Crippen LogP contribution < -0.4 is 4.72 Å². The normalized spacial score (nSPS) is 11.6. The van der Waals surface area contributed by atoms with Crippen LogP contribution in [0.2, 0.25) is 0 Å². The monoisotopic (exact) mass is 269 g/mol. The highest BCUT2D eigenvalue weighted by Crippen LogP contribution is 1.99. The smallest absolute Gasteiger partial charge is 0.303 e. The molecule has 0 aliphatic heterocycles. The lowest BCUT2D eigenvalue weighted by Gasteiger charge is -2.05. The van der Waals surface area contributed by atoms with Gasteiger partial charge in [0, 0.05) is 13.0 Å². The molecule has 0 bridgehead atoms. The minimum Gasteiger partial charge on any atom is -0.481 e. The van der Waals surface area contributed by atoms with Crippen LogP contribution in [0.4, 0.5) is 0 Å². The summed E-state index contributed by atoms with van der Waals surface area (Å²) in [5, 5.41) is 8.37. The molecule has 0 aromatic rings. The van der Waals surface area contributed by atoms with Gasteiger partial charge >= 0.3 is 5.97 Å². The Morgan fingerprint density at radius 3 is 2.56 bits per heavy atom. The second-order valence-corrected chi connectivity index (χ2v) is 6.32. The van der Waals surface area contributed by atoms with Crippen molar-refractivity contribution in [2.75, 3.05) is 24.3 Å². The van der Waals surface area contributed by atoms with Crippen molar-refractivity contribution in [1.82, 2.24) is 4.72 Å². The van der Waals surface area contributed by atoms with Crippen LogP contribution in [0.15, 0.2) is 0 Å². The third-order valence-electron chi connectivity index (χ3n) is 1.90. The molecule has 0 unspecified atom stereocenters. The standard InChI is InChI=1S/C9H19NO4S2/c1-15-7-3-2-6-10-16(13,14)8-4-5-9(11)12/h10H,2-8H2,1H3,(H,11,12). The number of aliphatic carboxylic acids is 1. The van der Waals surface area contributed by atoms with Crippen LogP contribution in [0, 0.1) is 0 Å². The minimum absolute atomic E-state index is 0.104. The van der Waals surface area contributed by atoms with Gasteiger partial charge in [0.25, 0.3) is 0 Å². The van der Waals surface area contributed by atoms with Gasteiger partial charge < -0.3 is 5.11 Å². The predicted octanol–water partition coefficient (Wildman–Crippen LogP) is 0.914. The van der Waals surface area contributed by atoms with E-state index in [1.54, 1.807) is 11.8 Å². The third-order valence-corrected chi connectivity index (χ3v) is 4.07. The highest BCUT2D eigenvalue weighted by molar-refractivity contribution is 7.98. The van der Waals surface area contributed by atoms with E-state index in [1.165, 1.54) is 0 Å². The van der Waals surface area contributed by atoms with E-state index in [1.807, 2.05) is 6.26 Å². The van der Waals surface area contributed by atoms with Crippen molar-refractivity contribution in [3.8, 4) is 0 Å². The molecule has 0 aliphatic rings. The summed E-state index contributed by atoms with van der Waals surface area (Å²) in [6.45, 7) is 0.440. The van der Waals surface area contributed by atoms with Gasteiger partial charge in [-0.3, -0.25) is 4.79 Å². The number of nitrogens with one attached hydrogen (secondary N) is 1. The van der Waals surface area contributed by atoms with Crippen LogP contribution in [0.3, 0.4) is 0 Å². The number of sulfonamides is 1. The Labute approximate surface area is 101 Å². The van der Waals surface area contributed by atoms with E-state index in [-0.39, 0.29) is 18.6 Å². The van der Waals surface area contributed by atoms with Crippen LogP contribution in [0.5, 0.6) is 0 Å². The molecule has 0 rings (SSSR count). The summed E-state index contributed by atoms with van der Waals surface area (Å²) in [7, 11) is -3.28. The third kappa shape index (κ3) is 10.3. The van der Waals surface area contributed by atoms with Gasteiger partial charge in [0.15, 0.2) is 0 Å². The molecule has 0 heterocycles. The van der Waals surface area contributed by atoms with Gasteiger partial charge in [0.2, 0.25) is 10.0 Å². The number of rotatable bonds is 10. The number of carboxylic acids is 1. The summed E-state index contributed by atoms with van der Waals surface area (Å²) < 4.78 is 25.1. The zero-order valence-corrected chi connectivity index (χ0v) is 11.1. The zero-order chi connectivity index (χ0) is 12.4. The Kier molecular flexibility index (Phi) is 8.68. The lowest BCUT2D eigenvalue weighted by Crippen LogP contribution is -2.27. The predicted molar refractivity (Wildman–Crippen MR) is 66.3 cm³/mol. The highest BCUT2D eigenvalue weighted by Gasteiger charge is 2.09. The van der Waals surface area contributed by atoms with Gasteiger partial charge in [0.1, 0.15) is 0 Å². The first kappa shape index (κ1) is 15.7. The molecule has 0 aromatic heterocycles. The lowest BCUT2D eigenvalue weighted by molar-refractivity contribution is -0.137. The van der Waals surface area contributed by atoms with Gasteiger partial charge in [0.05, 0.1) is 5.75 Å². The largest absolute Gasteiger partial charge is 0.481 e. The molecule has 0 amide bonds. The maximum atomic E-state index is 11.3. The molecule has 0 spiro atoms. The minimum atomic E-state index is -3.28. The van der Waals surface area contributed by atoms with Gasteiger partial charge in [-0.25, -0.2) is 13.1 Å². The van der Waals surface area contributed by atoms with E-state index in [0.29, 0.717) is 6.54 Å². The SMILES string of the molecule is CSCCCCNS(=O)(=O)CCCC(=O)O. The van der Waals surface area contributed by atoms with Crippen molar-refractivity contribution in [3.05, 3.63) is 0 Å². The number of unbranched alkanes of at least 4 members (excludes halogenated alkanes) is 1. The summed E-state index contributed by atoms with van der Waals surface area (Å²) in [5.41, 5.74) is 0. The Morgan fingerprint density at radius 2 is 2.00 bits per heavy atom. The van der Waals surface area contributed by atoms with E-state index in [4.69, 9.17) is 5.11 Å². The van der Waals surface area contributed by atoms with E-state index in [2.05, 4.69) is 4.72 Å². The fourth-order valence-electron chi connectivity index (χ4n) is 1.08. The van der Waals surface area contributed by atoms with Crippen molar-refractivity contribution >= 4 is 27.8 Å². The van der Waals surface area contributed by atoms with Crippen molar-refractivity contribution in [2.24, 2.45) is 0 Å². The Bertz CT molecular complexity index is 290. The molecule has 0 radical (unpaired) electrons. The van der Waals surface area contributed by atoms with E-state index in [0.717, 1.165) is 18.6 Å². The Morgan fingerprint density at radius 1 is 1.31 bits per heavy atom. The first-order valence-corrected chi connectivity index (χ1v) is 8.20. The van der Waals surface area contributed by atoms with Gasteiger partial charge in [-0.15, -0.1) is 0 Å². The van der Waals surface area contributed by atoms with Crippen LogP contribution in [0.1, 0.15) is 25.7 Å². The number of carbonyl (C=O) groups is 1. The zero-order valence-electron chi connectivity index (χ0n) is 9.44. The number of thioether (sulfide) groups is 1.